The number of ether oxygens (including phenoxy) is 2. The van der Waals surface area contributed by atoms with Crippen LogP contribution in [0, 0.1) is 5.92 Å². The minimum atomic E-state index is -0.190. The maximum absolute atomic E-state index is 12.4. The highest BCUT2D eigenvalue weighted by atomic mass is 16.5. The molecule has 2 fully saturated rings. The first-order valence-corrected chi connectivity index (χ1v) is 8.17. The predicted octanol–water partition coefficient (Wildman–Crippen LogP) is 0.332. The number of rotatable bonds is 5. The van der Waals surface area contributed by atoms with Gasteiger partial charge in [0.05, 0.1) is 24.9 Å². The summed E-state index contributed by atoms with van der Waals surface area (Å²) in [6.45, 7) is 4.12. The summed E-state index contributed by atoms with van der Waals surface area (Å²) >= 11 is 0. The van der Waals surface area contributed by atoms with Crippen molar-refractivity contribution in [2.24, 2.45) is 5.92 Å². The van der Waals surface area contributed by atoms with Crippen LogP contribution in [0.25, 0.3) is 0 Å². The lowest BCUT2D eigenvalue weighted by molar-refractivity contribution is -0.0853. The van der Waals surface area contributed by atoms with Gasteiger partial charge in [-0.1, -0.05) is 0 Å². The molecule has 3 atom stereocenters. The third-order valence-electron chi connectivity index (χ3n) is 4.56. The molecule has 7 nitrogen and oxygen atoms in total. The molecule has 1 N–H and O–H groups in total. The minimum Gasteiger partial charge on any atom is -0.383 e. The first kappa shape index (κ1) is 16.3. The molecule has 3 heterocycles. The molecule has 0 aliphatic carbocycles. The number of hydrogen-bond donors (Lipinski definition) is 1. The average Bonchev–Trinajstić information content (AvgIpc) is 2.60. The average molecular weight is 320 g/mol. The standard InChI is InChI=1S/C16H24N4O3/c1-22-8-6-20-10-12-3-2-7-23-15(12)14(11-20)19-16(21)13-9-17-4-5-18-13/h4-5,9,12,14-15H,2-3,6-8,10-11H2,1H3,(H,19,21)/t12-,14+,15-/m0/s1. The molecule has 0 bridgehead atoms. The van der Waals surface area contributed by atoms with Crippen LogP contribution in [0.5, 0.6) is 0 Å². The van der Waals surface area contributed by atoms with Gasteiger partial charge in [0.15, 0.2) is 0 Å². The molecule has 1 aromatic heterocycles. The molecule has 2 aliphatic rings. The van der Waals surface area contributed by atoms with Gasteiger partial charge in [-0.2, -0.15) is 0 Å². The largest absolute Gasteiger partial charge is 0.383 e. The van der Waals surface area contributed by atoms with Gasteiger partial charge in [-0.05, 0) is 18.8 Å². The Balaban J connectivity index is 1.67. The van der Waals surface area contributed by atoms with E-state index < -0.39 is 0 Å². The summed E-state index contributed by atoms with van der Waals surface area (Å²) in [5.74, 6) is 0.270. The van der Waals surface area contributed by atoms with E-state index in [1.165, 1.54) is 12.4 Å². The van der Waals surface area contributed by atoms with Gasteiger partial charge in [0.1, 0.15) is 5.69 Å². The Labute approximate surface area is 136 Å². The summed E-state index contributed by atoms with van der Waals surface area (Å²) in [6, 6.07) is -0.0274. The lowest BCUT2D eigenvalue weighted by Gasteiger charge is -2.45. The number of likely N-dealkylation sites (tertiary alicyclic amines) is 1. The Kier molecular flexibility index (Phi) is 5.53. The van der Waals surface area contributed by atoms with E-state index in [0.717, 1.165) is 39.1 Å². The number of nitrogens with zero attached hydrogens (tertiary/aromatic N) is 3. The van der Waals surface area contributed by atoms with Crippen LogP contribution in [0.15, 0.2) is 18.6 Å². The van der Waals surface area contributed by atoms with Crippen molar-refractivity contribution < 1.29 is 14.3 Å². The molecule has 2 saturated heterocycles. The van der Waals surface area contributed by atoms with Crippen molar-refractivity contribution >= 4 is 5.91 Å². The molecule has 1 aromatic rings. The van der Waals surface area contributed by atoms with Crippen molar-refractivity contribution in [2.45, 2.75) is 25.0 Å². The monoisotopic (exact) mass is 320 g/mol. The summed E-state index contributed by atoms with van der Waals surface area (Å²) in [6.07, 6.45) is 6.89. The van der Waals surface area contributed by atoms with E-state index in [2.05, 4.69) is 20.2 Å². The fourth-order valence-corrected chi connectivity index (χ4v) is 3.48. The van der Waals surface area contributed by atoms with Crippen LogP contribution in [0.3, 0.4) is 0 Å². The third kappa shape index (κ3) is 4.04. The molecule has 0 aromatic carbocycles. The Hall–Kier alpha value is -1.57. The predicted molar refractivity (Wildman–Crippen MR) is 84.1 cm³/mol. The van der Waals surface area contributed by atoms with Gasteiger partial charge in [0.25, 0.3) is 5.91 Å². The second-order valence-electron chi connectivity index (χ2n) is 6.16. The smallest absolute Gasteiger partial charge is 0.271 e. The first-order valence-electron chi connectivity index (χ1n) is 8.17. The Morgan fingerprint density at radius 3 is 3.17 bits per heavy atom. The molecule has 0 spiro atoms. The van der Waals surface area contributed by atoms with Crippen molar-refractivity contribution in [3.63, 3.8) is 0 Å². The molecule has 7 heteroatoms. The van der Waals surface area contributed by atoms with Crippen LogP contribution >= 0.6 is 0 Å². The molecule has 126 valence electrons. The SMILES string of the molecule is COCCN1C[C@@H]2CCCO[C@@H]2[C@H](NC(=O)c2cnccn2)C1. The van der Waals surface area contributed by atoms with Crippen LogP contribution < -0.4 is 5.32 Å². The molecule has 0 saturated carbocycles. The Morgan fingerprint density at radius 1 is 1.48 bits per heavy atom. The number of amides is 1. The first-order chi connectivity index (χ1) is 11.3. The van der Waals surface area contributed by atoms with E-state index in [1.807, 2.05) is 0 Å². The number of methoxy groups -OCH3 is 1. The lowest BCUT2D eigenvalue weighted by atomic mass is 9.85. The van der Waals surface area contributed by atoms with Gasteiger partial charge >= 0.3 is 0 Å². The van der Waals surface area contributed by atoms with E-state index in [1.54, 1.807) is 13.3 Å². The van der Waals surface area contributed by atoms with E-state index in [9.17, 15) is 4.79 Å². The lowest BCUT2D eigenvalue weighted by Crippen LogP contribution is -2.61. The van der Waals surface area contributed by atoms with E-state index in [0.29, 0.717) is 18.2 Å². The number of hydrogen-bond acceptors (Lipinski definition) is 6. The molecule has 23 heavy (non-hydrogen) atoms. The summed E-state index contributed by atoms with van der Waals surface area (Å²) in [7, 11) is 1.71. The Morgan fingerprint density at radius 2 is 2.39 bits per heavy atom. The molecule has 0 radical (unpaired) electrons. The molecular weight excluding hydrogens is 296 g/mol. The molecule has 3 rings (SSSR count). The molecule has 1 amide bonds. The van der Waals surface area contributed by atoms with Crippen LogP contribution in [0.4, 0.5) is 0 Å². The van der Waals surface area contributed by atoms with Crippen molar-refractivity contribution in [3.05, 3.63) is 24.3 Å². The number of piperidine rings is 1. The molecule has 2 aliphatic heterocycles. The topological polar surface area (TPSA) is 76.6 Å². The fourth-order valence-electron chi connectivity index (χ4n) is 3.48. The summed E-state index contributed by atoms with van der Waals surface area (Å²) in [5, 5.41) is 3.09. The highest BCUT2D eigenvalue weighted by Crippen LogP contribution is 2.28. The third-order valence-corrected chi connectivity index (χ3v) is 4.56. The summed E-state index contributed by atoms with van der Waals surface area (Å²) in [4.78, 5) is 22.8. The summed E-state index contributed by atoms with van der Waals surface area (Å²) < 4.78 is 11.2. The number of nitrogens with one attached hydrogen (secondary N) is 1. The van der Waals surface area contributed by atoms with Crippen molar-refractivity contribution in [1.82, 2.24) is 20.2 Å². The van der Waals surface area contributed by atoms with Gasteiger partial charge in [-0.25, -0.2) is 4.98 Å². The van der Waals surface area contributed by atoms with Crippen LogP contribution in [-0.2, 0) is 9.47 Å². The minimum absolute atomic E-state index is 0.0274. The highest BCUT2D eigenvalue weighted by Gasteiger charge is 2.39. The van der Waals surface area contributed by atoms with Crippen molar-refractivity contribution in [1.29, 1.82) is 0 Å². The summed E-state index contributed by atoms with van der Waals surface area (Å²) in [5.41, 5.74) is 0.342. The zero-order chi connectivity index (χ0) is 16.1. The van der Waals surface area contributed by atoms with Crippen LogP contribution in [-0.4, -0.2) is 72.9 Å². The zero-order valence-electron chi connectivity index (χ0n) is 13.5. The number of carbonyl (C=O) groups is 1. The van der Waals surface area contributed by atoms with Gasteiger partial charge in [0, 0.05) is 45.7 Å². The second kappa shape index (κ2) is 7.81. The van der Waals surface area contributed by atoms with Gasteiger partial charge in [-0.3, -0.25) is 14.7 Å². The Bertz CT molecular complexity index is 513. The quantitative estimate of drug-likeness (QED) is 0.843. The maximum atomic E-state index is 12.4. The van der Waals surface area contributed by atoms with Crippen molar-refractivity contribution in [2.75, 3.05) is 40.0 Å². The van der Waals surface area contributed by atoms with E-state index in [-0.39, 0.29) is 18.1 Å². The molecular formula is C16H24N4O3. The molecule has 0 unspecified atom stereocenters. The van der Waals surface area contributed by atoms with E-state index >= 15 is 0 Å². The van der Waals surface area contributed by atoms with Crippen LogP contribution in [0.1, 0.15) is 23.3 Å². The zero-order valence-corrected chi connectivity index (χ0v) is 13.5. The number of carbonyl (C=O) groups excluding carboxylic acids is 1. The van der Waals surface area contributed by atoms with Gasteiger partial charge < -0.3 is 14.8 Å². The maximum Gasteiger partial charge on any atom is 0.271 e. The fraction of sp³-hybridized carbons (Fsp3) is 0.688. The van der Waals surface area contributed by atoms with Gasteiger partial charge in [-0.15, -0.1) is 0 Å². The highest BCUT2D eigenvalue weighted by molar-refractivity contribution is 5.92. The van der Waals surface area contributed by atoms with E-state index in [4.69, 9.17) is 9.47 Å². The number of aromatic nitrogens is 2. The van der Waals surface area contributed by atoms with Crippen LogP contribution in [0.2, 0.25) is 0 Å². The normalized spacial score (nSPS) is 28.1. The number of fused-ring (bicyclic) bond motifs is 1. The second-order valence-corrected chi connectivity index (χ2v) is 6.16. The van der Waals surface area contributed by atoms with Crippen molar-refractivity contribution in [3.8, 4) is 0 Å². The van der Waals surface area contributed by atoms with Gasteiger partial charge in [0.2, 0.25) is 0 Å².